The van der Waals surface area contributed by atoms with Gasteiger partial charge in [-0.2, -0.15) is 5.10 Å². The summed E-state index contributed by atoms with van der Waals surface area (Å²) in [5.74, 6) is 0.913. The Labute approximate surface area is 126 Å². The van der Waals surface area contributed by atoms with Gasteiger partial charge in [0.05, 0.1) is 12.8 Å². The molecule has 20 heavy (non-hydrogen) atoms. The molecule has 0 radical (unpaired) electrons. The average Bonchev–Trinajstić information content (AvgIpc) is 2.37. The first-order valence-electron chi connectivity index (χ1n) is 6.87. The minimum Gasteiger partial charge on any atom is -0.494 e. The van der Waals surface area contributed by atoms with Gasteiger partial charge in [0, 0.05) is 5.56 Å². The van der Waals surface area contributed by atoms with Gasteiger partial charge in [0.2, 0.25) is 0 Å². The highest BCUT2D eigenvalue weighted by molar-refractivity contribution is 7.80. The number of nitrogens with zero attached hydrogens (tertiary/aromatic N) is 1. The van der Waals surface area contributed by atoms with Gasteiger partial charge in [-0.25, -0.2) is 0 Å². The van der Waals surface area contributed by atoms with Crippen LogP contribution in [0.5, 0.6) is 5.75 Å². The first-order valence-corrected chi connectivity index (χ1v) is 7.28. The molecule has 0 aromatic heterocycles. The summed E-state index contributed by atoms with van der Waals surface area (Å²) in [6.45, 7) is 7.02. The van der Waals surface area contributed by atoms with Crippen LogP contribution in [0.25, 0.3) is 0 Å². The Morgan fingerprint density at radius 2 is 2.00 bits per heavy atom. The molecule has 3 N–H and O–H groups in total. The van der Waals surface area contributed by atoms with Crippen molar-refractivity contribution in [2.45, 2.75) is 40.0 Å². The summed E-state index contributed by atoms with van der Waals surface area (Å²) < 4.78 is 5.77. The number of rotatable bonds is 7. The molecule has 0 aliphatic heterocycles. The highest BCUT2D eigenvalue weighted by Gasteiger charge is 2.04. The van der Waals surface area contributed by atoms with Crippen molar-refractivity contribution in [3.63, 3.8) is 0 Å². The molecule has 0 heterocycles. The maximum Gasteiger partial charge on any atom is 0.184 e. The number of aryl methyl sites for hydroxylation is 2. The number of benzene rings is 1. The maximum atomic E-state index is 5.77. The van der Waals surface area contributed by atoms with Crippen molar-refractivity contribution in [2.24, 2.45) is 10.8 Å². The fraction of sp³-hybridized carbons (Fsp3) is 0.467. The fourth-order valence-corrected chi connectivity index (χ4v) is 1.98. The van der Waals surface area contributed by atoms with E-state index in [2.05, 4.69) is 17.5 Å². The summed E-state index contributed by atoms with van der Waals surface area (Å²) in [6.07, 6.45) is 5.22. The largest absolute Gasteiger partial charge is 0.494 e. The van der Waals surface area contributed by atoms with Crippen molar-refractivity contribution in [2.75, 3.05) is 6.61 Å². The third-order valence-electron chi connectivity index (χ3n) is 2.95. The van der Waals surface area contributed by atoms with Crippen LogP contribution in [0.1, 0.15) is 42.9 Å². The smallest absolute Gasteiger partial charge is 0.184 e. The lowest BCUT2D eigenvalue weighted by molar-refractivity contribution is 0.306. The van der Waals surface area contributed by atoms with Crippen molar-refractivity contribution < 1.29 is 4.74 Å². The topological polar surface area (TPSA) is 59.6 Å². The van der Waals surface area contributed by atoms with Crippen LogP contribution in [0, 0.1) is 13.8 Å². The third-order valence-corrected chi connectivity index (χ3v) is 3.04. The summed E-state index contributed by atoms with van der Waals surface area (Å²) in [7, 11) is 0. The van der Waals surface area contributed by atoms with Gasteiger partial charge in [-0.1, -0.05) is 19.8 Å². The van der Waals surface area contributed by atoms with E-state index >= 15 is 0 Å². The van der Waals surface area contributed by atoms with Crippen LogP contribution >= 0.6 is 12.2 Å². The van der Waals surface area contributed by atoms with Crippen molar-refractivity contribution in [3.05, 3.63) is 28.8 Å². The zero-order valence-electron chi connectivity index (χ0n) is 12.4. The van der Waals surface area contributed by atoms with Gasteiger partial charge in [0.25, 0.3) is 0 Å². The summed E-state index contributed by atoms with van der Waals surface area (Å²) in [5, 5.41) is 4.16. The number of unbranched alkanes of at least 4 members (excludes halogenated alkanes) is 2. The monoisotopic (exact) mass is 293 g/mol. The molecule has 0 bridgehead atoms. The molecule has 0 fully saturated rings. The summed E-state index contributed by atoms with van der Waals surface area (Å²) >= 11 is 4.70. The van der Waals surface area contributed by atoms with Gasteiger partial charge in [-0.05, 0) is 55.7 Å². The second kappa shape index (κ2) is 8.53. The first kappa shape index (κ1) is 16.4. The zero-order chi connectivity index (χ0) is 15.0. The molecule has 1 aromatic carbocycles. The highest BCUT2D eigenvalue weighted by Crippen LogP contribution is 2.21. The lowest BCUT2D eigenvalue weighted by Gasteiger charge is -2.11. The quantitative estimate of drug-likeness (QED) is 0.351. The lowest BCUT2D eigenvalue weighted by Crippen LogP contribution is -2.24. The molecule has 0 unspecified atom stereocenters. The molecule has 0 atom stereocenters. The second-order valence-electron chi connectivity index (χ2n) is 4.76. The predicted molar refractivity (Wildman–Crippen MR) is 88.5 cm³/mol. The number of ether oxygens (including phenoxy) is 1. The molecular formula is C15H23N3OS. The average molecular weight is 293 g/mol. The van der Waals surface area contributed by atoms with Crippen molar-refractivity contribution in [1.29, 1.82) is 0 Å². The molecule has 0 aliphatic carbocycles. The molecule has 1 aromatic rings. The van der Waals surface area contributed by atoms with E-state index < -0.39 is 0 Å². The van der Waals surface area contributed by atoms with E-state index in [1.165, 1.54) is 12.8 Å². The molecule has 110 valence electrons. The Kier molecular flexibility index (Phi) is 7.01. The predicted octanol–water partition coefficient (Wildman–Crippen LogP) is 3.04. The Morgan fingerprint density at radius 1 is 1.35 bits per heavy atom. The molecule has 0 saturated carbocycles. The molecule has 0 aliphatic rings. The van der Waals surface area contributed by atoms with Crippen LogP contribution in [0.3, 0.4) is 0 Å². The SMILES string of the molecule is CCCCCOc1cc(C)c(C=NNC(N)=S)c(C)c1. The van der Waals surface area contributed by atoms with Crippen LogP contribution in [-0.4, -0.2) is 17.9 Å². The van der Waals surface area contributed by atoms with Gasteiger partial charge in [0.1, 0.15) is 5.75 Å². The van der Waals surface area contributed by atoms with E-state index in [4.69, 9.17) is 22.7 Å². The number of hydrogen-bond acceptors (Lipinski definition) is 3. The van der Waals surface area contributed by atoms with E-state index in [0.717, 1.165) is 35.5 Å². The fourth-order valence-electron chi connectivity index (χ4n) is 1.92. The Hall–Kier alpha value is -1.62. The van der Waals surface area contributed by atoms with Crippen molar-refractivity contribution >= 4 is 23.5 Å². The van der Waals surface area contributed by atoms with E-state index in [9.17, 15) is 0 Å². The second-order valence-corrected chi connectivity index (χ2v) is 5.20. The Morgan fingerprint density at radius 3 is 2.55 bits per heavy atom. The highest BCUT2D eigenvalue weighted by atomic mass is 32.1. The van der Waals surface area contributed by atoms with E-state index in [1.807, 2.05) is 26.0 Å². The third kappa shape index (κ3) is 5.57. The molecule has 0 saturated heterocycles. The van der Waals surface area contributed by atoms with Crippen LogP contribution in [-0.2, 0) is 0 Å². The molecule has 1 rings (SSSR count). The number of thiocarbonyl (C=S) groups is 1. The van der Waals surface area contributed by atoms with Gasteiger partial charge >= 0.3 is 0 Å². The Balaban J connectivity index is 2.70. The Bertz CT molecular complexity index is 463. The van der Waals surface area contributed by atoms with Crippen LogP contribution in [0.4, 0.5) is 0 Å². The summed E-state index contributed by atoms with van der Waals surface area (Å²) in [4.78, 5) is 0. The van der Waals surface area contributed by atoms with Crippen LogP contribution in [0.15, 0.2) is 17.2 Å². The minimum absolute atomic E-state index is 0.160. The summed E-state index contributed by atoms with van der Waals surface area (Å²) in [5.41, 5.74) is 11.2. The van der Waals surface area contributed by atoms with Gasteiger partial charge < -0.3 is 10.5 Å². The molecule has 0 amide bonds. The molecule has 0 spiro atoms. The van der Waals surface area contributed by atoms with Crippen LogP contribution < -0.4 is 15.9 Å². The van der Waals surface area contributed by atoms with Crippen LogP contribution in [0.2, 0.25) is 0 Å². The normalized spacial score (nSPS) is 10.8. The standard InChI is InChI=1S/C15H23N3OS/c1-4-5-6-7-19-13-8-11(2)14(12(3)9-13)10-17-18-15(16)20/h8-10H,4-7H2,1-3H3,(H3,16,18,20). The number of hydrazone groups is 1. The molecule has 4 nitrogen and oxygen atoms in total. The number of hydrogen-bond donors (Lipinski definition) is 2. The van der Waals surface area contributed by atoms with Crippen molar-refractivity contribution in [3.8, 4) is 5.75 Å². The van der Waals surface area contributed by atoms with E-state index in [1.54, 1.807) is 6.21 Å². The molecule has 5 heteroatoms. The number of nitrogens with two attached hydrogens (primary N) is 1. The number of nitrogens with one attached hydrogen (secondary N) is 1. The van der Waals surface area contributed by atoms with Crippen molar-refractivity contribution in [1.82, 2.24) is 5.43 Å². The maximum absolute atomic E-state index is 5.77. The van der Waals surface area contributed by atoms with E-state index in [0.29, 0.717) is 0 Å². The van der Waals surface area contributed by atoms with Gasteiger partial charge in [-0.15, -0.1) is 0 Å². The lowest BCUT2D eigenvalue weighted by atomic mass is 10.0. The zero-order valence-corrected chi connectivity index (χ0v) is 13.2. The first-order chi connectivity index (χ1) is 9.54. The van der Waals surface area contributed by atoms with Gasteiger partial charge in [-0.3, -0.25) is 5.43 Å². The van der Waals surface area contributed by atoms with Gasteiger partial charge in [0.15, 0.2) is 5.11 Å². The summed E-state index contributed by atoms with van der Waals surface area (Å²) in [6, 6.07) is 4.06. The molecular weight excluding hydrogens is 270 g/mol. The minimum atomic E-state index is 0.160. The van der Waals surface area contributed by atoms with E-state index in [-0.39, 0.29) is 5.11 Å².